The first-order valence-corrected chi connectivity index (χ1v) is 6.72. The van der Waals surface area contributed by atoms with Gasteiger partial charge in [-0.1, -0.05) is 26.7 Å². The Morgan fingerprint density at radius 2 is 1.95 bits per heavy atom. The second kappa shape index (κ2) is 8.25. The van der Waals surface area contributed by atoms with Crippen LogP contribution in [0.25, 0.3) is 0 Å². The van der Waals surface area contributed by atoms with Crippen LogP contribution in [0.3, 0.4) is 0 Å². The maximum absolute atomic E-state index is 11.8. The zero-order valence-corrected chi connectivity index (χ0v) is 11.6. The van der Waals surface area contributed by atoms with Gasteiger partial charge in [-0.2, -0.15) is 4.73 Å². The molecule has 0 aliphatic rings. The average molecular weight is 263 g/mol. The summed E-state index contributed by atoms with van der Waals surface area (Å²) in [4.78, 5) is 17.3. The van der Waals surface area contributed by atoms with Gasteiger partial charge in [-0.3, -0.25) is 4.79 Å². The van der Waals surface area contributed by atoms with E-state index in [0.717, 1.165) is 25.7 Å². The second-order valence-corrected chi connectivity index (χ2v) is 4.25. The van der Waals surface area contributed by atoms with E-state index in [0.29, 0.717) is 18.9 Å². The lowest BCUT2D eigenvalue weighted by atomic mass is 10.3. The van der Waals surface area contributed by atoms with E-state index in [-0.39, 0.29) is 11.2 Å². The van der Waals surface area contributed by atoms with Gasteiger partial charge in [0.05, 0.1) is 12.8 Å². The number of rotatable bonds is 8. The normalized spacial score (nSPS) is 9.95. The third-order valence-electron chi connectivity index (χ3n) is 2.61. The molecule has 4 nitrogen and oxygen atoms in total. The minimum Gasteiger partial charge on any atom is -0.488 e. The molecule has 0 fully saturated rings. The SMILES string of the molecule is C#Cc1cc(=O)c(OCCCC)cn1OCCCC. The molecule has 0 aromatic carbocycles. The molecule has 0 aliphatic carbocycles. The summed E-state index contributed by atoms with van der Waals surface area (Å²) in [6.07, 6.45) is 10.8. The van der Waals surface area contributed by atoms with Crippen LogP contribution in [0, 0.1) is 12.3 Å². The van der Waals surface area contributed by atoms with Crippen LogP contribution in [0.15, 0.2) is 17.1 Å². The van der Waals surface area contributed by atoms with Crippen LogP contribution in [-0.2, 0) is 0 Å². The topological polar surface area (TPSA) is 40.5 Å². The zero-order valence-electron chi connectivity index (χ0n) is 11.6. The van der Waals surface area contributed by atoms with E-state index in [2.05, 4.69) is 19.8 Å². The van der Waals surface area contributed by atoms with Crippen molar-refractivity contribution in [2.24, 2.45) is 0 Å². The fourth-order valence-electron chi connectivity index (χ4n) is 1.45. The standard InChI is InChI=1S/C15H21NO3/c1-4-7-9-18-15-12-16(19-10-8-5-2)13(6-3)11-14(15)17/h3,11-12H,4-5,7-10H2,1-2H3. The smallest absolute Gasteiger partial charge is 0.224 e. The van der Waals surface area contributed by atoms with Gasteiger partial charge in [0.1, 0.15) is 12.3 Å². The van der Waals surface area contributed by atoms with Gasteiger partial charge >= 0.3 is 0 Å². The van der Waals surface area contributed by atoms with E-state index in [1.165, 1.54) is 17.0 Å². The highest BCUT2D eigenvalue weighted by molar-refractivity contribution is 5.30. The van der Waals surface area contributed by atoms with Gasteiger partial charge in [0, 0.05) is 6.07 Å². The molecule has 0 bridgehead atoms. The van der Waals surface area contributed by atoms with Gasteiger partial charge in [-0.15, -0.1) is 6.42 Å². The molecule has 1 rings (SSSR count). The van der Waals surface area contributed by atoms with Gasteiger partial charge < -0.3 is 9.57 Å². The Hall–Kier alpha value is -1.89. The van der Waals surface area contributed by atoms with E-state index >= 15 is 0 Å². The van der Waals surface area contributed by atoms with Crippen molar-refractivity contribution in [1.29, 1.82) is 0 Å². The fraction of sp³-hybridized carbons (Fsp3) is 0.533. The van der Waals surface area contributed by atoms with Crippen molar-refractivity contribution < 1.29 is 9.57 Å². The van der Waals surface area contributed by atoms with E-state index in [9.17, 15) is 4.79 Å². The molecule has 1 aromatic heterocycles. The van der Waals surface area contributed by atoms with Gasteiger partial charge in [0.2, 0.25) is 5.43 Å². The number of hydrogen-bond donors (Lipinski definition) is 0. The number of pyridine rings is 1. The Bertz CT molecular complexity index is 485. The predicted octanol–water partition coefficient (Wildman–Crippen LogP) is 2.24. The highest BCUT2D eigenvalue weighted by Gasteiger charge is 2.07. The summed E-state index contributed by atoms with van der Waals surface area (Å²) in [5.74, 6) is 2.72. The van der Waals surface area contributed by atoms with Gasteiger partial charge in [-0.25, -0.2) is 0 Å². The van der Waals surface area contributed by atoms with Crippen molar-refractivity contribution in [3.63, 3.8) is 0 Å². The Balaban J connectivity index is 2.85. The molecule has 0 atom stereocenters. The molecular weight excluding hydrogens is 242 g/mol. The molecule has 0 amide bonds. The Kier molecular flexibility index (Phi) is 6.59. The lowest BCUT2D eigenvalue weighted by Crippen LogP contribution is -2.20. The van der Waals surface area contributed by atoms with Crippen molar-refractivity contribution >= 4 is 0 Å². The molecule has 1 heterocycles. The Labute approximate surface area is 114 Å². The summed E-state index contributed by atoms with van der Waals surface area (Å²) >= 11 is 0. The highest BCUT2D eigenvalue weighted by atomic mass is 16.7. The van der Waals surface area contributed by atoms with Crippen LogP contribution in [-0.4, -0.2) is 17.9 Å². The Morgan fingerprint density at radius 1 is 1.26 bits per heavy atom. The lowest BCUT2D eigenvalue weighted by molar-refractivity contribution is 0.102. The number of unbranched alkanes of at least 4 members (excludes halogenated alkanes) is 2. The van der Waals surface area contributed by atoms with Crippen LogP contribution in [0.5, 0.6) is 5.75 Å². The third kappa shape index (κ3) is 4.70. The number of hydrogen-bond acceptors (Lipinski definition) is 3. The molecule has 0 aliphatic heterocycles. The van der Waals surface area contributed by atoms with E-state index in [4.69, 9.17) is 16.0 Å². The number of ether oxygens (including phenoxy) is 1. The minimum absolute atomic E-state index is 0.209. The number of aromatic nitrogens is 1. The van der Waals surface area contributed by atoms with Crippen molar-refractivity contribution in [1.82, 2.24) is 4.73 Å². The molecule has 0 saturated carbocycles. The quantitative estimate of drug-likeness (QED) is 0.533. The van der Waals surface area contributed by atoms with Crippen LogP contribution in [0.1, 0.15) is 45.2 Å². The van der Waals surface area contributed by atoms with Crippen LogP contribution >= 0.6 is 0 Å². The maximum atomic E-state index is 11.8. The molecule has 1 aromatic rings. The summed E-state index contributed by atoms with van der Waals surface area (Å²) in [5.41, 5.74) is 0.198. The zero-order chi connectivity index (χ0) is 14.1. The molecule has 19 heavy (non-hydrogen) atoms. The second-order valence-electron chi connectivity index (χ2n) is 4.25. The monoisotopic (exact) mass is 263 g/mol. The van der Waals surface area contributed by atoms with Gasteiger partial charge in [0.25, 0.3) is 0 Å². The first-order valence-electron chi connectivity index (χ1n) is 6.72. The molecule has 0 radical (unpaired) electrons. The molecule has 0 saturated heterocycles. The highest BCUT2D eigenvalue weighted by Crippen LogP contribution is 2.06. The number of nitrogens with zero attached hydrogens (tertiary/aromatic N) is 1. The third-order valence-corrected chi connectivity index (χ3v) is 2.61. The predicted molar refractivity (Wildman–Crippen MR) is 75.4 cm³/mol. The first-order chi connectivity index (χ1) is 9.22. The summed E-state index contributed by atoms with van der Waals surface area (Å²) in [6.45, 7) is 5.23. The lowest BCUT2D eigenvalue weighted by Gasteiger charge is -2.13. The minimum atomic E-state index is -0.209. The molecule has 0 spiro atoms. The molecule has 4 heteroatoms. The number of terminal acetylenes is 1. The molecule has 0 unspecified atom stereocenters. The van der Waals surface area contributed by atoms with Crippen molar-refractivity contribution in [2.45, 2.75) is 39.5 Å². The van der Waals surface area contributed by atoms with Gasteiger partial charge in [-0.05, 0) is 18.8 Å². The van der Waals surface area contributed by atoms with Crippen molar-refractivity contribution in [3.8, 4) is 18.1 Å². The summed E-state index contributed by atoms with van der Waals surface area (Å²) in [6, 6.07) is 1.37. The van der Waals surface area contributed by atoms with E-state index < -0.39 is 0 Å². The maximum Gasteiger partial charge on any atom is 0.224 e. The van der Waals surface area contributed by atoms with Crippen molar-refractivity contribution in [2.75, 3.05) is 13.2 Å². The van der Waals surface area contributed by atoms with E-state index in [1.807, 2.05) is 0 Å². The van der Waals surface area contributed by atoms with Crippen molar-refractivity contribution in [3.05, 3.63) is 28.2 Å². The Morgan fingerprint density at radius 3 is 2.58 bits per heavy atom. The molecule has 0 N–H and O–H groups in total. The van der Waals surface area contributed by atoms with Crippen LogP contribution in [0.4, 0.5) is 0 Å². The van der Waals surface area contributed by atoms with E-state index in [1.54, 1.807) is 0 Å². The summed E-state index contributed by atoms with van der Waals surface area (Å²) in [5, 5.41) is 0. The fourth-order valence-corrected chi connectivity index (χ4v) is 1.45. The molecule has 104 valence electrons. The largest absolute Gasteiger partial charge is 0.488 e. The molecular formula is C15H21NO3. The summed E-state index contributed by atoms with van der Waals surface area (Å²) in [7, 11) is 0. The van der Waals surface area contributed by atoms with Crippen LogP contribution < -0.4 is 15.0 Å². The van der Waals surface area contributed by atoms with Gasteiger partial charge in [0.15, 0.2) is 5.75 Å². The summed E-state index contributed by atoms with van der Waals surface area (Å²) < 4.78 is 6.88. The van der Waals surface area contributed by atoms with Crippen LogP contribution in [0.2, 0.25) is 0 Å². The first kappa shape index (κ1) is 15.2. The average Bonchev–Trinajstić information content (AvgIpc) is 2.42.